The van der Waals surface area contributed by atoms with Gasteiger partial charge in [-0.2, -0.15) is 4.31 Å². The SMILES string of the molecule is Cc1c(Cc2ccccc2S(=O)(=O)N2CCCC2)c(C)n(CC(=O)O)c1C1CCCCC1. The zero-order valence-corrected chi connectivity index (χ0v) is 20.0. The minimum atomic E-state index is -3.53. The fourth-order valence-electron chi connectivity index (χ4n) is 5.63. The summed E-state index contributed by atoms with van der Waals surface area (Å²) in [6.45, 7) is 5.18. The minimum Gasteiger partial charge on any atom is -0.480 e. The third-order valence-electron chi connectivity index (χ3n) is 7.28. The van der Waals surface area contributed by atoms with Crippen molar-refractivity contribution >= 4 is 16.0 Å². The second-order valence-electron chi connectivity index (χ2n) is 9.28. The van der Waals surface area contributed by atoms with Crippen molar-refractivity contribution in [3.63, 3.8) is 0 Å². The van der Waals surface area contributed by atoms with E-state index in [9.17, 15) is 18.3 Å². The first-order chi connectivity index (χ1) is 15.3. The van der Waals surface area contributed by atoms with Crippen LogP contribution in [0.4, 0.5) is 0 Å². The molecular weight excluding hydrogens is 424 g/mol. The number of hydrogen-bond acceptors (Lipinski definition) is 3. The molecule has 0 spiro atoms. The molecule has 2 heterocycles. The van der Waals surface area contributed by atoms with Crippen molar-refractivity contribution in [2.75, 3.05) is 13.1 Å². The predicted molar refractivity (Wildman–Crippen MR) is 125 cm³/mol. The van der Waals surface area contributed by atoms with E-state index in [1.165, 1.54) is 19.3 Å². The van der Waals surface area contributed by atoms with Crippen molar-refractivity contribution in [3.8, 4) is 0 Å². The Labute approximate surface area is 191 Å². The molecule has 1 N–H and O–H groups in total. The summed E-state index contributed by atoms with van der Waals surface area (Å²) in [5.41, 5.74) is 5.06. The lowest BCUT2D eigenvalue weighted by molar-refractivity contribution is -0.137. The molecule has 1 aliphatic carbocycles. The summed E-state index contributed by atoms with van der Waals surface area (Å²) >= 11 is 0. The largest absolute Gasteiger partial charge is 0.480 e. The van der Waals surface area contributed by atoms with Crippen molar-refractivity contribution in [3.05, 3.63) is 52.3 Å². The molecule has 6 nitrogen and oxygen atoms in total. The highest BCUT2D eigenvalue weighted by molar-refractivity contribution is 7.89. The van der Waals surface area contributed by atoms with Gasteiger partial charge in [-0.25, -0.2) is 8.42 Å². The number of benzene rings is 1. The van der Waals surface area contributed by atoms with E-state index >= 15 is 0 Å². The average molecular weight is 459 g/mol. The Bertz CT molecular complexity index is 1090. The second kappa shape index (κ2) is 9.40. The van der Waals surface area contributed by atoms with E-state index in [2.05, 4.69) is 6.92 Å². The van der Waals surface area contributed by atoms with Gasteiger partial charge in [-0.3, -0.25) is 4.79 Å². The van der Waals surface area contributed by atoms with Crippen LogP contribution in [0.15, 0.2) is 29.2 Å². The molecule has 4 rings (SSSR count). The summed E-state index contributed by atoms with van der Waals surface area (Å²) in [6.07, 6.45) is 8.06. The summed E-state index contributed by atoms with van der Waals surface area (Å²) in [7, 11) is -3.53. The van der Waals surface area contributed by atoms with Crippen molar-refractivity contribution in [1.29, 1.82) is 0 Å². The molecule has 1 saturated carbocycles. The molecule has 0 radical (unpaired) electrons. The topological polar surface area (TPSA) is 79.6 Å². The second-order valence-corrected chi connectivity index (χ2v) is 11.2. The molecule has 0 bridgehead atoms. The number of aliphatic carboxylic acids is 1. The Balaban J connectivity index is 1.76. The smallest absolute Gasteiger partial charge is 0.323 e. The first kappa shape index (κ1) is 23.1. The van der Waals surface area contributed by atoms with E-state index in [4.69, 9.17) is 0 Å². The first-order valence-electron chi connectivity index (χ1n) is 11.8. The molecule has 7 heteroatoms. The third kappa shape index (κ3) is 4.37. The van der Waals surface area contributed by atoms with Crippen LogP contribution < -0.4 is 0 Å². The summed E-state index contributed by atoms with van der Waals surface area (Å²) < 4.78 is 30.2. The standard InChI is InChI=1S/C25H34N2O4S/c1-18-22(19(2)27(17-24(28)29)25(18)20-10-4-3-5-11-20)16-21-12-6-7-13-23(21)32(30,31)26-14-8-9-15-26/h6-7,12-13,20H,3-5,8-11,14-17H2,1-2H3,(H,28,29). The van der Waals surface area contributed by atoms with Crippen molar-refractivity contribution in [2.45, 2.75) is 82.6 Å². The van der Waals surface area contributed by atoms with Crippen LogP contribution in [-0.2, 0) is 27.8 Å². The van der Waals surface area contributed by atoms with Gasteiger partial charge in [0.25, 0.3) is 0 Å². The van der Waals surface area contributed by atoms with Crippen LogP contribution in [0, 0.1) is 13.8 Å². The van der Waals surface area contributed by atoms with Gasteiger partial charge in [-0.1, -0.05) is 37.5 Å². The number of carboxylic acid groups (broad SMARTS) is 1. The van der Waals surface area contributed by atoms with Crippen LogP contribution in [0.25, 0.3) is 0 Å². The summed E-state index contributed by atoms with van der Waals surface area (Å²) in [5.74, 6) is -0.470. The van der Waals surface area contributed by atoms with Crippen LogP contribution >= 0.6 is 0 Å². The van der Waals surface area contributed by atoms with Gasteiger partial charge in [0, 0.05) is 30.9 Å². The van der Waals surface area contributed by atoms with Gasteiger partial charge in [0.15, 0.2) is 0 Å². The van der Waals surface area contributed by atoms with Gasteiger partial charge in [0.2, 0.25) is 10.0 Å². The maximum absolute atomic E-state index is 13.3. The van der Waals surface area contributed by atoms with Gasteiger partial charge in [0.1, 0.15) is 6.54 Å². The van der Waals surface area contributed by atoms with E-state index in [1.807, 2.05) is 23.6 Å². The molecule has 0 atom stereocenters. The summed E-state index contributed by atoms with van der Waals surface area (Å²) in [5, 5.41) is 9.57. The monoisotopic (exact) mass is 458 g/mol. The van der Waals surface area contributed by atoms with Gasteiger partial charge in [-0.15, -0.1) is 0 Å². The minimum absolute atomic E-state index is 0.0494. The fraction of sp³-hybridized carbons (Fsp3) is 0.560. The molecule has 1 aromatic heterocycles. The summed E-state index contributed by atoms with van der Waals surface area (Å²) in [6, 6.07) is 7.29. The lowest BCUT2D eigenvalue weighted by Gasteiger charge is -2.24. The van der Waals surface area contributed by atoms with Gasteiger partial charge < -0.3 is 9.67 Å². The highest BCUT2D eigenvalue weighted by Gasteiger charge is 2.31. The normalized spacial score (nSPS) is 18.3. The van der Waals surface area contributed by atoms with Crippen LogP contribution in [0.2, 0.25) is 0 Å². The Morgan fingerprint density at radius 1 is 1.03 bits per heavy atom. The Hall–Kier alpha value is -2.12. The van der Waals surface area contributed by atoms with E-state index in [0.717, 1.165) is 53.8 Å². The molecule has 2 aliphatic rings. The lowest BCUT2D eigenvalue weighted by Crippen LogP contribution is -2.28. The van der Waals surface area contributed by atoms with E-state index < -0.39 is 16.0 Å². The Kier molecular flexibility index (Phi) is 6.77. The van der Waals surface area contributed by atoms with E-state index in [0.29, 0.717) is 30.3 Å². The number of hydrogen-bond donors (Lipinski definition) is 1. The molecular formula is C25H34N2O4S. The number of nitrogens with zero attached hydrogens (tertiary/aromatic N) is 2. The number of aromatic nitrogens is 1. The molecule has 2 fully saturated rings. The van der Waals surface area contributed by atoms with Gasteiger partial charge >= 0.3 is 5.97 Å². The van der Waals surface area contributed by atoms with Gasteiger partial charge in [-0.05, 0) is 68.2 Å². The highest BCUT2D eigenvalue weighted by atomic mass is 32.2. The molecule has 174 valence electrons. The fourth-order valence-corrected chi connectivity index (χ4v) is 7.37. The van der Waals surface area contributed by atoms with E-state index in [1.54, 1.807) is 16.4 Å². The van der Waals surface area contributed by atoms with Crippen molar-refractivity contribution < 1.29 is 18.3 Å². The first-order valence-corrected chi connectivity index (χ1v) is 13.2. The number of carbonyl (C=O) groups is 1. The zero-order chi connectivity index (χ0) is 22.9. The Morgan fingerprint density at radius 2 is 1.69 bits per heavy atom. The van der Waals surface area contributed by atoms with Crippen LogP contribution in [0.3, 0.4) is 0 Å². The third-order valence-corrected chi connectivity index (χ3v) is 9.28. The molecule has 1 aromatic carbocycles. The van der Waals surface area contributed by atoms with E-state index in [-0.39, 0.29) is 6.54 Å². The number of sulfonamides is 1. The quantitative estimate of drug-likeness (QED) is 0.657. The zero-order valence-electron chi connectivity index (χ0n) is 19.1. The highest BCUT2D eigenvalue weighted by Crippen LogP contribution is 2.38. The molecule has 1 aliphatic heterocycles. The van der Waals surface area contributed by atoms with Crippen LogP contribution in [0.5, 0.6) is 0 Å². The Morgan fingerprint density at radius 3 is 2.34 bits per heavy atom. The van der Waals surface area contributed by atoms with Crippen molar-refractivity contribution in [2.24, 2.45) is 0 Å². The molecule has 0 unspecified atom stereocenters. The number of carboxylic acids is 1. The van der Waals surface area contributed by atoms with Crippen LogP contribution in [0.1, 0.15) is 78.9 Å². The maximum Gasteiger partial charge on any atom is 0.323 e. The molecule has 1 saturated heterocycles. The van der Waals surface area contributed by atoms with Gasteiger partial charge in [0.05, 0.1) is 4.90 Å². The molecule has 2 aromatic rings. The maximum atomic E-state index is 13.3. The van der Waals surface area contributed by atoms with Crippen molar-refractivity contribution in [1.82, 2.24) is 8.87 Å². The molecule has 32 heavy (non-hydrogen) atoms. The number of rotatable bonds is 7. The average Bonchev–Trinajstić information content (AvgIpc) is 3.39. The molecule has 0 amide bonds. The van der Waals surface area contributed by atoms with Crippen LogP contribution in [-0.4, -0.2) is 41.5 Å². The summed E-state index contributed by atoms with van der Waals surface area (Å²) in [4.78, 5) is 12.0. The lowest BCUT2D eigenvalue weighted by atomic mass is 9.85. The predicted octanol–water partition coefficient (Wildman–Crippen LogP) is 4.61.